The number of anilines is 1. The number of benzene rings is 1. The van der Waals surface area contributed by atoms with Crippen LogP contribution in [0.5, 0.6) is 0 Å². The van der Waals surface area contributed by atoms with E-state index in [2.05, 4.69) is 15.3 Å². The third kappa shape index (κ3) is 4.48. The first kappa shape index (κ1) is 22.6. The molecule has 33 heavy (non-hydrogen) atoms. The number of hydrogen-bond donors (Lipinski definition) is 1. The van der Waals surface area contributed by atoms with Crippen LogP contribution in [0.25, 0.3) is 22.4 Å². The maximum Gasteiger partial charge on any atom is 0.256 e. The SMILES string of the molecule is COCC(=O)Nc1cc(C(=O)N(C)[C@H](C)c2nccs2)c2c(c1)nc(-c1ccncc1)n2C. The number of hydrogen-bond acceptors (Lipinski definition) is 7. The Morgan fingerprint density at radius 1 is 1.24 bits per heavy atom. The number of pyridine rings is 1. The smallest absolute Gasteiger partial charge is 0.256 e. The highest BCUT2D eigenvalue weighted by Gasteiger charge is 2.25. The van der Waals surface area contributed by atoms with Crippen molar-refractivity contribution in [3.8, 4) is 11.4 Å². The van der Waals surface area contributed by atoms with Gasteiger partial charge in [-0.05, 0) is 31.2 Å². The normalized spacial score (nSPS) is 12.0. The summed E-state index contributed by atoms with van der Waals surface area (Å²) in [5.41, 5.74) is 3.05. The number of rotatable bonds is 7. The van der Waals surface area contributed by atoms with E-state index in [9.17, 15) is 9.59 Å². The molecule has 3 heterocycles. The summed E-state index contributed by atoms with van der Waals surface area (Å²) < 4.78 is 6.80. The molecule has 0 saturated carbocycles. The lowest BCUT2D eigenvalue weighted by atomic mass is 10.1. The summed E-state index contributed by atoms with van der Waals surface area (Å²) in [5.74, 6) is 0.178. The molecule has 3 aromatic heterocycles. The number of aromatic nitrogens is 4. The van der Waals surface area contributed by atoms with Gasteiger partial charge < -0.3 is 19.5 Å². The minimum atomic E-state index is -0.315. The number of imidazole rings is 1. The van der Waals surface area contributed by atoms with Crippen LogP contribution in [0, 0.1) is 0 Å². The predicted molar refractivity (Wildman–Crippen MR) is 127 cm³/mol. The van der Waals surface area contributed by atoms with Gasteiger partial charge >= 0.3 is 0 Å². The number of thiazole rings is 1. The number of aryl methyl sites for hydroxylation is 1. The minimum absolute atomic E-state index is 0.0905. The molecule has 1 N–H and O–H groups in total. The fourth-order valence-electron chi connectivity index (χ4n) is 3.65. The van der Waals surface area contributed by atoms with Crippen molar-refractivity contribution in [3.05, 3.63) is 58.8 Å². The fraction of sp³-hybridized carbons (Fsp3) is 0.261. The van der Waals surface area contributed by atoms with Gasteiger partial charge in [-0.3, -0.25) is 14.6 Å². The monoisotopic (exact) mass is 464 g/mol. The summed E-state index contributed by atoms with van der Waals surface area (Å²) in [4.78, 5) is 40.6. The first-order valence-electron chi connectivity index (χ1n) is 10.3. The van der Waals surface area contributed by atoms with E-state index in [4.69, 9.17) is 9.72 Å². The molecule has 0 bridgehead atoms. The molecule has 4 rings (SSSR count). The highest BCUT2D eigenvalue weighted by Crippen LogP contribution is 2.31. The Hall–Kier alpha value is -3.63. The quantitative estimate of drug-likeness (QED) is 0.449. The molecule has 0 aliphatic rings. The first-order valence-corrected chi connectivity index (χ1v) is 11.1. The van der Waals surface area contributed by atoms with Crippen molar-refractivity contribution in [2.24, 2.45) is 7.05 Å². The molecule has 0 spiro atoms. The molecular weight excluding hydrogens is 440 g/mol. The van der Waals surface area contributed by atoms with Crippen molar-refractivity contribution in [1.29, 1.82) is 0 Å². The van der Waals surface area contributed by atoms with Gasteiger partial charge in [0.1, 0.15) is 17.4 Å². The Labute approximate surface area is 195 Å². The van der Waals surface area contributed by atoms with Crippen molar-refractivity contribution < 1.29 is 14.3 Å². The Bertz CT molecular complexity index is 1290. The molecule has 1 aromatic carbocycles. The van der Waals surface area contributed by atoms with Crippen molar-refractivity contribution in [2.75, 3.05) is 26.1 Å². The lowest BCUT2D eigenvalue weighted by Crippen LogP contribution is -2.30. The molecule has 2 amide bonds. The van der Waals surface area contributed by atoms with Crippen molar-refractivity contribution in [2.45, 2.75) is 13.0 Å². The van der Waals surface area contributed by atoms with Gasteiger partial charge in [-0.1, -0.05) is 0 Å². The fourth-order valence-corrected chi connectivity index (χ4v) is 4.38. The Morgan fingerprint density at radius 3 is 2.67 bits per heavy atom. The maximum atomic E-state index is 13.7. The molecule has 170 valence electrons. The Morgan fingerprint density at radius 2 is 2.00 bits per heavy atom. The number of nitrogens with zero attached hydrogens (tertiary/aromatic N) is 5. The van der Waals surface area contributed by atoms with Crippen molar-refractivity contribution in [3.63, 3.8) is 0 Å². The molecule has 1 atom stereocenters. The molecule has 0 aliphatic heterocycles. The average Bonchev–Trinajstić information content (AvgIpc) is 3.46. The summed E-state index contributed by atoms with van der Waals surface area (Å²) in [7, 11) is 5.07. The van der Waals surface area contributed by atoms with Crippen LogP contribution in [0.2, 0.25) is 0 Å². The zero-order valence-corrected chi connectivity index (χ0v) is 19.6. The number of ether oxygens (including phenoxy) is 1. The Kier molecular flexibility index (Phi) is 6.47. The van der Waals surface area contributed by atoms with Gasteiger partial charge in [0.15, 0.2) is 0 Å². The lowest BCUT2D eigenvalue weighted by Gasteiger charge is -2.24. The number of fused-ring (bicyclic) bond motifs is 1. The van der Waals surface area contributed by atoms with Gasteiger partial charge in [-0.2, -0.15) is 0 Å². The number of carbonyl (C=O) groups is 2. The van der Waals surface area contributed by atoms with E-state index in [1.807, 2.05) is 36.1 Å². The van der Waals surface area contributed by atoms with Crippen LogP contribution in [0.3, 0.4) is 0 Å². The number of nitrogens with one attached hydrogen (secondary N) is 1. The van der Waals surface area contributed by atoms with Gasteiger partial charge in [0.25, 0.3) is 5.91 Å². The molecule has 0 aliphatic carbocycles. The van der Waals surface area contributed by atoms with Gasteiger partial charge in [0.2, 0.25) is 5.91 Å². The van der Waals surface area contributed by atoms with Crippen LogP contribution < -0.4 is 5.32 Å². The van der Waals surface area contributed by atoms with E-state index in [0.717, 1.165) is 10.6 Å². The summed E-state index contributed by atoms with van der Waals surface area (Å²) >= 11 is 1.50. The van der Waals surface area contributed by atoms with Gasteiger partial charge in [-0.15, -0.1) is 11.3 Å². The largest absolute Gasteiger partial charge is 0.375 e. The van der Waals surface area contributed by atoms with Crippen molar-refractivity contribution in [1.82, 2.24) is 24.4 Å². The van der Waals surface area contributed by atoms with Gasteiger partial charge in [0.05, 0.1) is 22.6 Å². The number of amides is 2. The second kappa shape index (κ2) is 9.47. The van der Waals surface area contributed by atoms with Crippen LogP contribution >= 0.6 is 11.3 Å². The lowest BCUT2D eigenvalue weighted by molar-refractivity contribution is -0.119. The molecule has 10 heteroatoms. The average molecular weight is 465 g/mol. The zero-order chi connectivity index (χ0) is 23.5. The van der Waals surface area contributed by atoms with E-state index in [-0.39, 0.29) is 24.5 Å². The van der Waals surface area contributed by atoms with Crippen LogP contribution in [0.4, 0.5) is 5.69 Å². The molecule has 0 radical (unpaired) electrons. The zero-order valence-electron chi connectivity index (χ0n) is 18.8. The molecule has 0 saturated heterocycles. The highest BCUT2D eigenvalue weighted by atomic mass is 32.1. The van der Waals surface area contributed by atoms with Gasteiger partial charge in [0, 0.05) is 56.4 Å². The van der Waals surface area contributed by atoms with Crippen LogP contribution in [-0.2, 0) is 16.6 Å². The Balaban J connectivity index is 1.83. The number of methoxy groups -OCH3 is 1. The predicted octanol–water partition coefficient (Wildman–Crippen LogP) is 3.51. The molecule has 9 nitrogen and oxygen atoms in total. The van der Waals surface area contributed by atoms with E-state index < -0.39 is 0 Å². The maximum absolute atomic E-state index is 13.7. The third-order valence-electron chi connectivity index (χ3n) is 5.41. The summed E-state index contributed by atoms with van der Waals surface area (Å²) in [5, 5.41) is 5.52. The second-order valence-electron chi connectivity index (χ2n) is 7.57. The standard InChI is InChI=1S/C23H24N6O3S/c1-14(22-25-9-10-33-22)28(2)23(31)17-11-16(26-19(30)13-32-4)12-18-20(17)29(3)21(27-18)15-5-7-24-8-6-15/h5-12,14H,13H2,1-4H3,(H,26,30)/t14-/m1/s1. The number of carbonyl (C=O) groups excluding carboxylic acids is 2. The third-order valence-corrected chi connectivity index (χ3v) is 6.35. The van der Waals surface area contributed by atoms with Crippen LogP contribution in [-0.4, -0.2) is 57.0 Å². The highest BCUT2D eigenvalue weighted by molar-refractivity contribution is 7.09. The van der Waals surface area contributed by atoms with E-state index in [1.165, 1.54) is 18.4 Å². The molecule has 0 unspecified atom stereocenters. The summed E-state index contributed by atoms with van der Waals surface area (Å²) in [6.45, 7) is 1.84. The summed E-state index contributed by atoms with van der Waals surface area (Å²) in [6, 6.07) is 6.95. The van der Waals surface area contributed by atoms with E-state index in [0.29, 0.717) is 28.1 Å². The molecular formula is C23H24N6O3S. The van der Waals surface area contributed by atoms with E-state index >= 15 is 0 Å². The van der Waals surface area contributed by atoms with Gasteiger partial charge in [-0.25, -0.2) is 9.97 Å². The summed E-state index contributed by atoms with van der Waals surface area (Å²) in [6.07, 6.45) is 5.11. The van der Waals surface area contributed by atoms with Crippen molar-refractivity contribution >= 4 is 39.9 Å². The minimum Gasteiger partial charge on any atom is -0.375 e. The topological polar surface area (TPSA) is 102 Å². The van der Waals surface area contributed by atoms with E-state index in [1.54, 1.807) is 42.7 Å². The first-order chi connectivity index (χ1) is 15.9. The molecule has 0 fully saturated rings. The van der Waals surface area contributed by atoms with Crippen LogP contribution in [0.1, 0.15) is 28.3 Å². The molecule has 4 aromatic rings. The van der Waals surface area contributed by atoms with Crippen LogP contribution in [0.15, 0.2) is 48.2 Å². The second-order valence-corrected chi connectivity index (χ2v) is 8.49.